The third kappa shape index (κ3) is 2.76. The second kappa shape index (κ2) is 5.48. The van der Waals surface area contributed by atoms with E-state index in [4.69, 9.17) is 4.74 Å². The predicted octanol–water partition coefficient (Wildman–Crippen LogP) is 1.65. The highest BCUT2D eigenvalue weighted by molar-refractivity contribution is 4.86. The van der Waals surface area contributed by atoms with Gasteiger partial charge in [0.25, 0.3) is 0 Å². The molecule has 16 heavy (non-hydrogen) atoms. The van der Waals surface area contributed by atoms with E-state index in [1.54, 1.807) is 0 Å². The van der Waals surface area contributed by atoms with E-state index in [2.05, 4.69) is 11.8 Å². The Hall–Kier alpha value is -0.120. The topological polar surface area (TPSA) is 32.7 Å². The van der Waals surface area contributed by atoms with E-state index in [1.807, 2.05) is 7.11 Å². The third-order valence-corrected chi connectivity index (χ3v) is 4.40. The van der Waals surface area contributed by atoms with Crippen LogP contribution in [-0.2, 0) is 4.74 Å². The Morgan fingerprint density at radius 2 is 2.06 bits per heavy atom. The van der Waals surface area contributed by atoms with Crippen LogP contribution in [0.3, 0.4) is 0 Å². The smallest absolute Gasteiger partial charge is 0.0693 e. The van der Waals surface area contributed by atoms with Crippen molar-refractivity contribution in [2.75, 3.05) is 20.2 Å². The second-order valence-corrected chi connectivity index (χ2v) is 5.51. The second-order valence-electron chi connectivity index (χ2n) is 5.51. The van der Waals surface area contributed by atoms with E-state index in [0.717, 1.165) is 25.9 Å². The standard InChI is InChI=1S/C13H25NO2/c1-10-6-7-14(9-13(10)15)11-4-3-5-12(8-11)16-2/h10-13,15H,3-9H2,1-2H3. The van der Waals surface area contributed by atoms with E-state index in [0.29, 0.717) is 18.1 Å². The van der Waals surface area contributed by atoms with Crippen molar-refractivity contribution in [1.29, 1.82) is 0 Å². The lowest BCUT2D eigenvalue weighted by Crippen LogP contribution is -2.49. The van der Waals surface area contributed by atoms with Gasteiger partial charge < -0.3 is 9.84 Å². The number of piperidine rings is 1. The molecular weight excluding hydrogens is 202 g/mol. The Morgan fingerprint density at radius 3 is 2.75 bits per heavy atom. The van der Waals surface area contributed by atoms with Crippen LogP contribution >= 0.6 is 0 Å². The van der Waals surface area contributed by atoms with Gasteiger partial charge in [-0.15, -0.1) is 0 Å². The number of hydrogen-bond acceptors (Lipinski definition) is 3. The molecule has 1 aliphatic heterocycles. The van der Waals surface area contributed by atoms with E-state index >= 15 is 0 Å². The normalized spacial score (nSPS) is 42.2. The van der Waals surface area contributed by atoms with Crippen LogP contribution in [0.2, 0.25) is 0 Å². The molecule has 4 unspecified atom stereocenters. The largest absolute Gasteiger partial charge is 0.392 e. The summed E-state index contributed by atoms with van der Waals surface area (Å²) in [6.45, 7) is 4.17. The van der Waals surface area contributed by atoms with Crippen molar-refractivity contribution < 1.29 is 9.84 Å². The van der Waals surface area contributed by atoms with Gasteiger partial charge in [0.15, 0.2) is 0 Å². The third-order valence-electron chi connectivity index (χ3n) is 4.40. The van der Waals surface area contributed by atoms with Crippen molar-refractivity contribution in [3.63, 3.8) is 0 Å². The summed E-state index contributed by atoms with van der Waals surface area (Å²) in [5, 5.41) is 9.93. The van der Waals surface area contributed by atoms with Gasteiger partial charge in [0.05, 0.1) is 12.2 Å². The zero-order valence-corrected chi connectivity index (χ0v) is 10.6. The predicted molar refractivity (Wildman–Crippen MR) is 64.4 cm³/mol. The van der Waals surface area contributed by atoms with Gasteiger partial charge in [-0.3, -0.25) is 4.90 Å². The number of aliphatic hydroxyl groups is 1. The van der Waals surface area contributed by atoms with Gasteiger partial charge in [0.2, 0.25) is 0 Å². The lowest BCUT2D eigenvalue weighted by molar-refractivity contribution is -0.0223. The molecule has 3 nitrogen and oxygen atoms in total. The molecule has 2 rings (SSSR count). The molecule has 0 aromatic rings. The fourth-order valence-corrected chi connectivity index (χ4v) is 3.07. The summed E-state index contributed by atoms with van der Waals surface area (Å²) in [6, 6.07) is 0.640. The van der Waals surface area contributed by atoms with Crippen molar-refractivity contribution >= 4 is 0 Å². The fourth-order valence-electron chi connectivity index (χ4n) is 3.07. The van der Waals surface area contributed by atoms with Crippen LogP contribution in [0.4, 0.5) is 0 Å². The van der Waals surface area contributed by atoms with E-state index in [1.165, 1.54) is 19.3 Å². The molecule has 1 saturated carbocycles. The van der Waals surface area contributed by atoms with Crippen LogP contribution < -0.4 is 0 Å². The number of aliphatic hydroxyl groups excluding tert-OH is 1. The van der Waals surface area contributed by atoms with Gasteiger partial charge >= 0.3 is 0 Å². The van der Waals surface area contributed by atoms with Gasteiger partial charge in [-0.25, -0.2) is 0 Å². The van der Waals surface area contributed by atoms with Crippen molar-refractivity contribution in [1.82, 2.24) is 4.90 Å². The zero-order valence-electron chi connectivity index (χ0n) is 10.6. The number of nitrogens with zero attached hydrogens (tertiary/aromatic N) is 1. The molecule has 0 radical (unpaired) electrons. The van der Waals surface area contributed by atoms with Crippen LogP contribution in [0, 0.1) is 5.92 Å². The molecule has 1 saturated heterocycles. The van der Waals surface area contributed by atoms with Crippen molar-refractivity contribution in [2.45, 2.75) is 57.3 Å². The first-order valence-electron chi connectivity index (χ1n) is 6.65. The van der Waals surface area contributed by atoms with Gasteiger partial charge in [-0.1, -0.05) is 6.92 Å². The first-order valence-corrected chi connectivity index (χ1v) is 6.65. The molecule has 0 aromatic heterocycles. The average Bonchev–Trinajstić information content (AvgIpc) is 2.33. The maximum absolute atomic E-state index is 9.93. The molecule has 2 fully saturated rings. The Labute approximate surface area is 98.8 Å². The summed E-state index contributed by atoms with van der Waals surface area (Å²) in [5.74, 6) is 0.470. The Kier molecular flexibility index (Phi) is 4.22. The molecule has 0 aromatic carbocycles. The van der Waals surface area contributed by atoms with Crippen molar-refractivity contribution in [3.8, 4) is 0 Å². The summed E-state index contributed by atoms with van der Waals surface area (Å²) in [7, 11) is 1.82. The first kappa shape index (κ1) is 12.3. The van der Waals surface area contributed by atoms with E-state index < -0.39 is 0 Å². The van der Waals surface area contributed by atoms with E-state index in [9.17, 15) is 5.11 Å². The highest BCUT2D eigenvalue weighted by Gasteiger charge is 2.31. The molecule has 1 aliphatic carbocycles. The SMILES string of the molecule is COC1CCCC(N2CCC(C)C(O)C2)C1. The lowest BCUT2D eigenvalue weighted by atomic mass is 9.88. The quantitative estimate of drug-likeness (QED) is 0.778. The molecule has 3 heteroatoms. The molecule has 2 aliphatic rings. The first-order chi connectivity index (χ1) is 7.70. The summed E-state index contributed by atoms with van der Waals surface area (Å²) in [4.78, 5) is 2.48. The summed E-state index contributed by atoms with van der Waals surface area (Å²) < 4.78 is 5.47. The van der Waals surface area contributed by atoms with Crippen molar-refractivity contribution in [3.05, 3.63) is 0 Å². The number of β-amino-alcohol motifs (C(OH)–C–C–N with tert-alkyl or cyclic N) is 1. The van der Waals surface area contributed by atoms with Crippen LogP contribution in [-0.4, -0.2) is 48.5 Å². The number of rotatable bonds is 2. The molecule has 1 heterocycles. The van der Waals surface area contributed by atoms with Crippen LogP contribution in [0.25, 0.3) is 0 Å². The minimum absolute atomic E-state index is 0.128. The van der Waals surface area contributed by atoms with Crippen LogP contribution in [0.5, 0.6) is 0 Å². The molecule has 0 spiro atoms. The zero-order chi connectivity index (χ0) is 11.5. The van der Waals surface area contributed by atoms with Gasteiger partial charge in [-0.05, 0) is 44.6 Å². The summed E-state index contributed by atoms with van der Waals surface area (Å²) in [6.07, 6.45) is 6.35. The van der Waals surface area contributed by atoms with Gasteiger partial charge in [0, 0.05) is 19.7 Å². The van der Waals surface area contributed by atoms with E-state index in [-0.39, 0.29) is 6.10 Å². The Balaban J connectivity index is 1.87. The fraction of sp³-hybridized carbons (Fsp3) is 1.00. The molecule has 4 atom stereocenters. The number of hydrogen-bond donors (Lipinski definition) is 1. The molecule has 0 bridgehead atoms. The molecular formula is C13H25NO2. The molecule has 94 valence electrons. The highest BCUT2D eigenvalue weighted by atomic mass is 16.5. The number of methoxy groups -OCH3 is 1. The minimum Gasteiger partial charge on any atom is -0.392 e. The Bertz CT molecular complexity index is 218. The number of likely N-dealkylation sites (tertiary alicyclic amines) is 1. The minimum atomic E-state index is -0.128. The maximum atomic E-state index is 9.93. The monoisotopic (exact) mass is 227 g/mol. The maximum Gasteiger partial charge on any atom is 0.0693 e. The lowest BCUT2D eigenvalue weighted by Gasteiger charge is -2.42. The highest BCUT2D eigenvalue weighted by Crippen LogP contribution is 2.28. The summed E-state index contributed by atoms with van der Waals surface area (Å²) in [5.41, 5.74) is 0. The average molecular weight is 227 g/mol. The van der Waals surface area contributed by atoms with Gasteiger partial charge in [-0.2, -0.15) is 0 Å². The Morgan fingerprint density at radius 1 is 1.25 bits per heavy atom. The van der Waals surface area contributed by atoms with Crippen LogP contribution in [0.1, 0.15) is 39.0 Å². The molecule has 0 amide bonds. The molecule has 1 N–H and O–H groups in total. The van der Waals surface area contributed by atoms with Gasteiger partial charge in [0.1, 0.15) is 0 Å². The summed E-state index contributed by atoms with van der Waals surface area (Å²) >= 11 is 0. The van der Waals surface area contributed by atoms with Crippen molar-refractivity contribution in [2.24, 2.45) is 5.92 Å². The number of ether oxygens (including phenoxy) is 1. The van der Waals surface area contributed by atoms with Crippen LogP contribution in [0.15, 0.2) is 0 Å².